The van der Waals surface area contributed by atoms with Crippen molar-refractivity contribution in [3.05, 3.63) is 58.5 Å². The molecule has 0 radical (unpaired) electrons. The molecule has 3 aromatic rings. The minimum atomic E-state index is -0.0686. The van der Waals surface area contributed by atoms with Crippen molar-refractivity contribution in [1.82, 2.24) is 9.38 Å². The normalized spacial score (nSPS) is 23.6. The summed E-state index contributed by atoms with van der Waals surface area (Å²) in [5.74, 6) is 3.96. The summed E-state index contributed by atoms with van der Waals surface area (Å²) in [6.07, 6.45) is 5.59. The fraction of sp³-hybridized carbons (Fsp3) is 0.462. The number of benzene rings is 1. The molecule has 4 rings (SSSR count). The number of rotatable bonds is 5. The zero-order valence-corrected chi connectivity index (χ0v) is 19.1. The van der Waals surface area contributed by atoms with Gasteiger partial charge in [-0.15, -0.1) is 0 Å². The number of ether oxygens (including phenoxy) is 2. The first-order valence-electron chi connectivity index (χ1n) is 11.2. The minimum absolute atomic E-state index is 0.0686. The molecule has 1 aliphatic rings. The van der Waals surface area contributed by atoms with E-state index in [-0.39, 0.29) is 5.56 Å². The van der Waals surface area contributed by atoms with Crippen LogP contribution >= 0.6 is 0 Å². The predicted molar refractivity (Wildman–Crippen MR) is 124 cm³/mol. The third kappa shape index (κ3) is 4.06. The van der Waals surface area contributed by atoms with Crippen molar-refractivity contribution in [2.24, 2.45) is 17.8 Å². The molecule has 0 amide bonds. The van der Waals surface area contributed by atoms with Gasteiger partial charge in [0.05, 0.1) is 19.9 Å². The van der Waals surface area contributed by atoms with E-state index < -0.39 is 0 Å². The van der Waals surface area contributed by atoms with Crippen molar-refractivity contribution in [1.29, 1.82) is 0 Å². The van der Waals surface area contributed by atoms with Crippen LogP contribution in [0.5, 0.6) is 11.5 Å². The van der Waals surface area contributed by atoms with Gasteiger partial charge in [0.1, 0.15) is 5.65 Å². The van der Waals surface area contributed by atoms with Crippen molar-refractivity contribution < 1.29 is 9.47 Å². The van der Waals surface area contributed by atoms with Crippen LogP contribution in [0.25, 0.3) is 16.9 Å². The molecule has 1 aromatic carbocycles. The van der Waals surface area contributed by atoms with Gasteiger partial charge in [0.25, 0.3) is 5.56 Å². The maximum atomic E-state index is 13.0. The number of methoxy groups -OCH3 is 2. The monoisotopic (exact) mass is 420 g/mol. The molecular formula is C26H32N2O3. The van der Waals surface area contributed by atoms with Crippen LogP contribution in [-0.2, 0) is 0 Å². The van der Waals surface area contributed by atoms with Crippen LogP contribution in [0.15, 0.2) is 47.4 Å². The zero-order valence-electron chi connectivity index (χ0n) is 19.1. The molecule has 0 N–H and O–H groups in total. The van der Waals surface area contributed by atoms with E-state index in [2.05, 4.69) is 26.8 Å². The lowest BCUT2D eigenvalue weighted by Crippen LogP contribution is -2.28. The fourth-order valence-electron chi connectivity index (χ4n) is 5.12. The Morgan fingerprint density at radius 2 is 1.81 bits per heavy atom. The largest absolute Gasteiger partial charge is 0.493 e. The Kier molecular flexibility index (Phi) is 6.03. The van der Waals surface area contributed by atoms with E-state index in [9.17, 15) is 4.79 Å². The lowest BCUT2D eigenvalue weighted by Gasteiger charge is -2.39. The molecule has 31 heavy (non-hydrogen) atoms. The molecule has 164 valence electrons. The van der Waals surface area contributed by atoms with Crippen LogP contribution in [0.3, 0.4) is 0 Å². The SMILES string of the molecule is CC[C@@H]1CC(c2ccc3nc(-c4ccc(OC)c(OC)c4)cc(=O)n3c2)C[C@H](C)C1C. The van der Waals surface area contributed by atoms with Crippen molar-refractivity contribution >= 4 is 5.65 Å². The maximum Gasteiger partial charge on any atom is 0.258 e. The van der Waals surface area contributed by atoms with Crippen LogP contribution in [0.1, 0.15) is 51.5 Å². The van der Waals surface area contributed by atoms with Gasteiger partial charge in [0.2, 0.25) is 0 Å². The topological polar surface area (TPSA) is 52.8 Å². The van der Waals surface area contributed by atoms with E-state index in [0.29, 0.717) is 34.7 Å². The molecule has 2 aromatic heterocycles. The van der Waals surface area contributed by atoms with Crippen molar-refractivity contribution in [3.63, 3.8) is 0 Å². The Bertz CT molecular complexity index is 1140. The predicted octanol–water partition coefficient (Wildman–Crippen LogP) is 5.55. The van der Waals surface area contributed by atoms with E-state index >= 15 is 0 Å². The standard InChI is InChI=1S/C26H32N2O3/c1-6-18-12-21(11-16(2)17(18)3)20-8-10-25-27-22(14-26(29)28(25)15-20)19-7-9-23(30-4)24(13-19)31-5/h7-10,13-18,21H,6,11-12H2,1-5H3/t16-,17?,18+,21?/m0/s1. The number of nitrogens with zero attached hydrogens (tertiary/aromatic N) is 2. The summed E-state index contributed by atoms with van der Waals surface area (Å²) in [6.45, 7) is 7.05. The van der Waals surface area contributed by atoms with Gasteiger partial charge < -0.3 is 9.47 Å². The average molecular weight is 421 g/mol. The molecular weight excluding hydrogens is 388 g/mol. The molecule has 2 heterocycles. The summed E-state index contributed by atoms with van der Waals surface area (Å²) < 4.78 is 12.4. The Labute approximate surface area is 184 Å². The van der Waals surface area contributed by atoms with Crippen LogP contribution in [0.4, 0.5) is 0 Å². The molecule has 1 aliphatic carbocycles. The Hall–Kier alpha value is -2.82. The van der Waals surface area contributed by atoms with E-state index in [1.54, 1.807) is 24.7 Å². The Morgan fingerprint density at radius 3 is 2.52 bits per heavy atom. The van der Waals surface area contributed by atoms with Gasteiger partial charge >= 0.3 is 0 Å². The number of hydrogen-bond donors (Lipinski definition) is 0. The number of hydrogen-bond acceptors (Lipinski definition) is 4. The van der Waals surface area contributed by atoms with Crippen LogP contribution in [0, 0.1) is 17.8 Å². The lowest BCUT2D eigenvalue weighted by atomic mass is 9.67. The Morgan fingerprint density at radius 1 is 1.03 bits per heavy atom. The highest BCUT2D eigenvalue weighted by molar-refractivity contribution is 5.65. The van der Waals surface area contributed by atoms with Gasteiger partial charge in [-0.1, -0.05) is 33.3 Å². The van der Waals surface area contributed by atoms with Crippen LogP contribution < -0.4 is 15.0 Å². The van der Waals surface area contributed by atoms with Gasteiger partial charge in [0.15, 0.2) is 11.5 Å². The van der Waals surface area contributed by atoms with Gasteiger partial charge in [-0.3, -0.25) is 9.20 Å². The fourth-order valence-corrected chi connectivity index (χ4v) is 5.12. The molecule has 0 aliphatic heterocycles. The summed E-state index contributed by atoms with van der Waals surface area (Å²) >= 11 is 0. The maximum absolute atomic E-state index is 13.0. The zero-order chi connectivity index (χ0) is 22.1. The highest BCUT2D eigenvalue weighted by atomic mass is 16.5. The lowest BCUT2D eigenvalue weighted by molar-refractivity contribution is 0.157. The molecule has 1 fully saturated rings. The van der Waals surface area contributed by atoms with Crippen molar-refractivity contribution in [2.45, 2.75) is 46.0 Å². The third-order valence-corrected chi connectivity index (χ3v) is 7.24. The number of fused-ring (bicyclic) bond motifs is 1. The van der Waals surface area contributed by atoms with E-state index in [4.69, 9.17) is 14.5 Å². The quantitative estimate of drug-likeness (QED) is 0.543. The first-order valence-corrected chi connectivity index (χ1v) is 11.2. The minimum Gasteiger partial charge on any atom is -0.493 e. The second kappa shape index (κ2) is 8.74. The van der Waals surface area contributed by atoms with Gasteiger partial charge in [-0.25, -0.2) is 4.98 Å². The molecule has 5 heteroatoms. The van der Waals surface area contributed by atoms with E-state index in [1.807, 2.05) is 30.5 Å². The summed E-state index contributed by atoms with van der Waals surface area (Å²) in [6, 6.07) is 11.3. The molecule has 0 saturated heterocycles. The second-order valence-electron chi connectivity index (χ2n) is 8.91. The van der Waals surface area contributed by atoms with Crippen LogP contribution in [0.2, 0.25) is 0 Å². The van der Waals surface area contributed by atoms with Gasteiger partial charge in [-0.2, -0.15) is 0 Å². The van der Waals surface area contributed by atoms with Crippen LogP contribution in [-0.4, -0.2) is 23.6 Å². The van der Waals surface area contributed by atoms with Crippen molar-refractivity contribution in [3.8, 4) is 22.8 Å². The molecule has 2 unspecified atom stereocenters. The van der Waals surface area contributed by atoms with E-state index in [0.717, 1.165) is 17.4 Å². The van der Waals surface area contributed by atoms with E-state index in [1.165, 1.54) is 24.8 Å². The van der Waals surface area contributed by atoms with Crippen molar-refractivity contribution in [2.75, 3.05) is 14.2 Å². The summed E-state index contributed by atoms with van der Waals surface area (Å²) in [7, 11) is 3.20. The van der Waals surface area contributed by atoms with Gasteiger partial charge in [-0.05, 0) is 66.3 Å². The second-order valence-corrected chi connectivity index (χ2v) is 8.91. The molecule has 4 atom stereocenters. The number of aromatic nitrogens is 2. The smallest absolute Gasteiger partial charge is 0.258 e. The highest BCUT2D eigenvalue weighted by Gasteiger charge is 2.32. The molecule has 1 saturated carbocycles. The number of pyridine rings is 1. The third-order valence-electron chi connectivity index (χ3n) is 7.24. The molecule has 0 spiro atoms. The summed E-state index contributed by atoms with van der Waals surface area (Å²) in [5, 5.41) is 0. The Balaban J connectivity index is 1.70. The average Bonchev–Trinajstić information content (AvgIpc) is 2.80. The first-order chi connectivity index (χ1) is 14.9. The summed E-state index contributed by atoms with van der Waals surface area (Å²) in [4.78, 5) is 17.7. The first kappa shape index (κ1) is 21.4. The summed E-state index contributed by atoms with van der Waals surface area (Å²) in [5.41, 5.74) is 3.28. The molecule has 0 bridgehead atoms. The molecule has 5 nitrogen and oxygen atoms in total. The van der Waals surface area contributed by atoms with Gasteiger partial charge in [0, 0.05) is 17.8 Å². The highest BCUT2D eigenvalue weighted by Crippen LogP contribution is 2.44.